The van der Waals surface area contributed by atoms with Gasteiger partial charge in [0.25, 0.3) is 0 Å². The number of hydrogen-bond donors (Lipinski definition) is 2. The van der Waals surface area contributed by atoms with Crippen LogP contribution >= 0.6 is 15.9 Å². The van der Waals surface area contributed by atoms with Gasteiger partial charge < -0.3 is 10.8 Å². The average molecular weight is 258 g/mol. The summed E-state index contributed by atoms with van der Waals surface area (Å²) in [5.74, 6) is 0. The third-order valence-corrected chi connectivity index (χ3v) is 2.75. The summed E-state index contributed by atoms with van der Waals surface area (Å²) in [6.07, 6.45) is 0.551. The minimum atomic E-state index is -0.727. The Bertz CT molecular complexity index is 306. The highest BCUT2D eigenvalue weighted by Gasteiger charge is 2.19. The molecule has 0 aromatic heterocycles. The van der Waals surface area contributed by atoms with Gasteiger partial charge in [-0.1, -0.05) is 34.1 Å². The standard InChI is InChI=1S/C11H16BrNO/c1-11(2,14)7-10(13)8-5-3-4-6-9(8)12/h3-6,10,14H,7,13H2,1-2H3. The molecule has 1 atom stereocenters. The molecule has 0 saturated carbocycles. The molecule has 1 aromatic carbocycles. The van der Waals surface area contributed by atoms with Gasteiger partial charge in [-0.2, -0.15) is 0 Å². The summed E-state index contributed by atoms with van der Waals surface area (Å²) in [6.45, 7) is 3.54. The van der Waals surface area contributed by atoms with E-state index in [1.165, 1.54) is 0 Å². The van der Waals surface area contributed by atoms with E-state index in [1.807, 2.05) is 24.3 Å². The molecule has 0 spiro atoms. The van der Waals surface area contributed by atoms with E-state index in [-0.39, 0.29) is 6.04 Å². The van der Waals surface area contributed by atoms with Crippen LogP contribution in [0.5, 0.6) is 0 Å². The van der Waals surface area contributed by atoms with Gasteiger partial charge in [0.2, 0.25) is 0 Å². The molecule has 1 rings (SSSR count). The van der Waals surface area contributed by atoms with Crippen LogP contribution in [0.4, 0.5) is 0 Å². The van der Waals surface area contributed by atoms with Crippen molar-refractivity contribution >= 4 is 15.9 Å². The number of hydrogen-bond acceptors (Lipinski definition) is 2. The lowest BCUT2D eigenvalue weighted by Crippen LogP contribution is -2.26. The lowest BCUT2D eigenvalue weighted by Gasteiger charge is -2.22. The van der Waals surface area contributed by atoms with Crippen LogP contribution in [0.15, 0.2) is 28.7 Å². The van der Waals surface area contributed by atoms with E-state index in [2.05, 4.69) is 15.9 Å². The van der Waals surface area contributed by atoms with E-state index in [1.54, 1.807) is 13.8 Å². The van der Waals surface area contributed by atoms with Crippen LogP contribution in [0.3, 0.4) is 0 Å². The van der Waals surface area contributed by atoms with Crippen molar-refractivity contribution in [2.45, 2.75) is 31.9 Å². The lowest BCUT2D eigenvalue weighted by atomic mass is 9.95. The highest BCUT2D eigenvalue weighted by atomic mass is 79.9. The largest absolute Gasteiger partial charge is 0.390 e. The molecule has 2 nitrogen and oxygen atoms in total. The maximum Gasteiger partial charge on any atom is 0.0609 e. The SMILES string of the molecule is CC(C)(O)CC(N)c1ccccc1Br. The maximum absolute atomic E-state index is 9.64. The topological polar surface area (TPSA) is 46.2 Å². The highest BCUT2D eigenvalue weighted by Crippen LogP contribution is 2.27. The molecule has 0 heterocycles. The smallest absolute Gasteiger partial charge is 0.0609 e. The first kappa shape index (κ1) is 11.7. The Morgan fingerprint density at radius 3 is 2.50 bits per heavy atom. The average Bonchev–Trinajstić information content (AvgIpc) is 2.01. The van der Waals surface area contributed by atoms with Crippen LogP contribution in [0.2, 0.25) is 0 Å². The molecule has 0 bridgehead atoms. The van der Waals surface area contributed by atoms with Gasteiger partial charge in [0.15, 0.2) is 0 Å². The quantitative estimate of drug-likeness (QED) is 0.875. The first-order chi connectivity index (χ1) is 6.40. The molecule has 0 radical (unpaired) electrons. The first-order valence-corrected chi connectivity index (χ1v) is 5.42. The van der Waals surface area contributed by atoms with E-state index >= 15 is 0 Å². The van der Waals surface area contributed by atoms with Gasteiger partial charge in [-0.3, -0.25) is 0 Å². The van der Waals surface area contributed by atoms with E-state index in [0.717, 1.165) is 10.0 Å². The molecule has 0 fully saturated rings. The zero-order chi connectivity index (χ0) is 10.8. The fourth-order valence-corrected chi connectivity index (χ4v) is 2.00. The number of aliphatic hydroxyl groups is 1. The summed E-state index contributed by atoms with van der Waals surface area (Å²) in [5.41, 5.74) is 6.30. The molecule has 3 heteroatoms. The fraction of sp³-hybridized carbons (Fsp3) is 0.455. The molecule has 3 N–H and O–H groups in total. The first-order valence-electron chi connectivity index (χ1n) is 4.62. The van der Waals surface area contributed by atoms with E-state index in [4.69, 9.17) is 5.73 Å². The Balaban J connectivity index is 2.80. The second kappa shape index (κ2) is 4.43. The minimum absolute atomic E-state index is 0.134. The third-order valence-electron chi connectivity index (χ3n) is 2.02. The van der Waals surface area contributed by atoms with E-state index in [0.29, 0.717) is 6.42 Å². The summed E-state index contributed by atoms with van der Waals surface area (Å²) in [4.78, 5) is 0. The molecule has 78 valence electrons. The predicted molar refractivity (Wildman–Crippen MR) is 62.0 cm³/mol. The molecule has 0 aliphatic rings. The molecule has 0 saturated heterocycles. The molecular formula is C11H16BrNO. The second-order valence-corrected chi connectivity index (χ2v) is 5.00. The van der Waals surface area contributed by atoms with Crippen LogP contribution in [-0.4, -0.2) is 10.7 Å². The van der Waals surface area contributed by atoms with Crippen molar-refractivity contribution in [2.24, 2.45) is 5.73 Å². The Morgan fingerprint density at radius 1 is 1.43 bits per heavy atom. The lowest BCUT2D eigenvalue weighted by molar-refractivity contribution is 0.0635. The van der Waals surface area contributed by atoms with Gasteiger partial charge in [-0.05, 0) is 31.9 Å². The van der Waals surface area contributed by atoms with Crippen molar-refractivity contribution < 1.29 is 5.11 Å². The molecule has 0 amide bonds. The molecule has 1 aromatic rings. The highest BCUT2D eigenvalue weighted by molar-refractivity contribution is 9.10. The number of benzene rings is 1. The van der Waals surface area contributed by atoms with Gasteiger partial charge in [0.05, 0.1) is 5.60 Å². The van der Waals surface area contributed by atoms with Crippen molar-refractivity contribution in [2.75, 3.05) is 0 Å². The van der Waals surface area contributed by atoms with Crippen molar-refractivity contribution in [3.8, 4) is 0 Å². The van der Waals surface area contributed by atoms with Crippen LogP contribution in [-0.2, 0) is 0 Å². The summed E-state index contributed by atoms with van der Waals surface area (Å²) in [6, 6.07) is 7.69. The van der Waals surface area contributed by atoms with Gasteiger partial charge in [0.1, 0.15) is 0 Å². The molecule has 1 unspecified atom stereocenters. The number of rotatable bonds is 3. The van der Waals surface area contributed by atoms with Gasteiger partial charge >= 0.3 is 0 Å². The summed E-state index contributed by atoms with van der Waals surface area (Å²) >= 11 is 3.44. The van der Waals surface area contributed by atoms with Gasteiger partial charge in [-0.15, -0.1) is 0 Å². The Hall–Kier alpha value is -0.380. The van der Waals surface area contributed by atoms with Gasteiger partial charge in [0, 0.05) is 10.5 Å². The third kappa shape index (κ3) is 3.40. The predicted octanol–water partition coefficient (Wildman–Crippen LogP) is 2.61. The van der Waals surface area contributed by atoms with Gasteiger partial charge in [-0.25, -0.2) is 0 Å². The fourth-order valence-electron chi connectivity index (χ4n) is 1.42. The zero-order valence-electron chi connectivity index (χ0n) is 8.50. The van der Waals surface area contributed by atoms with Crippen LogP contribution < -0.4 is 5.73 Å². The normalized spacial score (nSPS) is 14.1. The van der Waals surface area contributed by atoms with Crippen LogP contribution in [0.1, 0.15) is 31.9 Å². The minimum Gasteiger partial charge on any atom is -0.390 e. The monoisotopic (exact) mass is 257 g/mol. The summed E-state index contributed by atoms with van der Waals surface area (Å²) in [5, 5.41) is 9.64. The van der Waals surface area contributed by atoms with Crippen LogP contribution in [0, 0.1) is 0 Å². The zero-order valence-corrected chi connectivity index (χ0v) is 10.1. The second-order valence-electron chi connectivity index (χ2n) is 4.14. The molecular weight excluding hydrogens is 242 g/mol. The molecule has 0 aliphatic heterocycles. The maximum atomic E-state index is 9.64. The van der Waals surface area contributed by atoms with E-state index < -0.39 is 5.60 Å². The van der Waals surface area contributed by atoms with Crippen molar-refractivity contribution in [3.63, 3.8) is 0 Å². The summed E-state index contributed by atoms with van der Waals surface area (Å²) < 4.78 is 0.997. The Kier molecular flexibility index (Phi) is 3.70. The Morgan fingerprint density at radius 2 is 2.00 bits per heavy atom. The van der Waals surface area contributed by atoms with Crippen molar-refractivity contribution in [1.82, 2.24) is 0 Å². The Labute approximate surface area is 93.3 Å². The molecule has 14 heavy (non-hydrogen) atoms. The van der Waals surface area contributed by atoms with Crippen molar-refractivity contribution in [1.29, 1.82) is 0 Å². The van der Waals surface area contributed by atoms with Crippen LogP contribution in [0.25, 0.3) is 0 Å². The molecule has 0 aliphatic carbocycles. The van der Waals surface area contributed by atoms with E-state index in [9.17, 15) is 5.11 Å². The number of halogens is 1. The van der Waals surface area contributed by atoms with Crippen molar-refractivity contribution in [3.05, 3.63) is 34.3 Å². The summed E-state index contributed by atoms with van der Waals surface area (Å²) in [7, 11) is 0. The number of nitrogens with two attached hydrogens (primary N) is 1.